The van der Waals surface area contributed by atoms with Gasteiger partial charge in [-0.05, 0) is 49.8 Å². The molecule has 1 N–H and O–H groups in total. The van der Waals surface area contributed by atoms with Crippen molar-refractivity contribution in [3.05, 3.63) is 35.8 Å². The van der Waals surface area contributed by atoms with Crippen LogP contribution >= 0.6 is 0 Å². The van der Waals surface area contributed by atoms with Crippen LogP contribution in [0.25, 0.3) is 5.65 Å². The van der Waals surface area contributed by atoms with Crippen molar-refractivity contribution in [3.63, 3.8) is 0 Å². The lowest BCUT2D eigenvalue weighted by Gasteiger charge is -2.04. The summed E-state index contributed by atoms with van der Waals surface area (Å²) in [5.74, 6) is 0.815. The minimum absolute atomic E-state index is 0.472. The number of nitrogens with one attached hydrogen (secondary N) is 1. The lowest BCUT2D eigenvalue weighted by Crippen LogP contribution is -2.12. The van der Waals surface area contributed by atoms with Crippen LogP contribution in [0.3, 0.4) is 0 Å². The quantitative estimate of drug-likeness (QED) is 0.854. The first-order chi connectivity index (χ1) is 8.40. The third-order valence-corrected chi connectivity index (χ3v) is 3.96. The van der Waals surface area contributed by atoms with Crippen LogP contribution in [0, 0.1) is 0 Å². The molecule has 4 rings (SSSR count). The molecule has 17 heavy (non-hydrogen) atoms. The standard InChI is InChI=1S/C14H17N3/c1-2-12(15-7-1)13-9-17-8-11(10-3-4-10)5-6-14(17)16-13/h5-6,8-10,12,15H,1-4,7H2. The predicted octanol–water partition coefficient (Wildman–Crippen LogP) is 2.64. The number of aromatic nitrogens is 2. The molecule has 0 aromatic carbocycles. The monoisotopic (exact) mass is 227 g/mol. The summed E-state index contributed by atoms with van der Waals surface area (Å²) in [6.45, 7) is 1.13. The Labute approximate surface area is 101 Å². The molecule has 0 bridgehead atoms. The number of imidazole rings is 1. The molecular formula is C14H17N3. The number of pyridine rings is 1. The van der Waals surface area contributed by atoms with Crippen molar-refractivity contribution >= 4 is 5.65 Å². The average Bonchev–Trinajstić information content (AvgIpc) is 2.92. The van der Waals surface area contributed by atoms with E-state index in [0.717, 1.165) is 18.1 Å². The van der Waals surface area contributed by atoms with Gasteiger partial charge in [0.1, 0.15) is 5.65 Å². The minimum Gasteiger partial charge on any atom is -0.309 e. The Balaban J connectivity index is 1.74. The van der Waals surface area contributed by atoms with Crippen LogP contribution in [0.4, 0.5) is 0 Å². The molecule has 0 spiro atoms. The first-order valence-electron chi connectivity index (χ1n) is 6.62. The maximum Gasteiger partial charge on any atom is 0.137 e. The second kappa shape index (κ2) is 3.57. The van der Waals surface area contributed by atoms with E-state index >= 15 is 0 Å². The Morgan fingerprint density at radius 2 is 2.12 bits per heavy atom. The van der Waals surface area contributed by atoms with E-state index in [2.05, 4.69) is 34.2 Å². The van der Waals surface area contributed by atoms with Crippen LogP contribution in [-0.4, -0.2) is 15.9 Å². The zero-order chi connectivity index (χ0) is 11.2. The number of rotatable bonds is 2. The zero-order valence-corrected chi connectivity index (χ0v) is 9.89. The lowest BCUT2D eigenvalue weighted by atomic mass is 10.2. The minimum atomic E-state index is 0.472. The Morgan fingerprint density at radius 1 is 1.18 bits per heavy atom. The van der Waals surface area contributed by atoms with Crippen molar-refractivity contribution in [1.29, 1.82) is 0 Å². The van der Waals surface area contributed by atoms with Crippen LogP contribution in [-0.2, 0) is 0 Å². The molecule has 3 nitrogen and oxygen atoms in total. The van der Waals surface area contributed by atoms with E-state index < -0.39 is 0 Å². The molecule has 1 aliphatic heterocycles. The summed E-state index contributed by atoms with van der Waals surface area (Å²) < 4.78 is 2.20. The van der Waals surface area contributed by atoms with Gasteiger partial charge < -0.3 is 9.72 Å². The molecule has 1 atom stereocenters. The van der Waals surface area contributed by atoms with Gasteiger partial charge in [0.2, 0.25) is 0 Å². The molecule has 1 aliphatic carbocycles. The van der Waals surface area contributed by atoms with Crippen LogP contribution in [0.2, 0.25) is 0 Å². The zero-order valence-electron chi connectivity index (χ0n) is 9.89. The van der Waals surface area contributed by atoms with Gasteiger partial charge in [0, 0.05) is 12.4 Å². The van der Waals surface area contributed by atoms with E-state index in [0.29, 0.717) is 6.04 Å². The summed E-state index contributed by atoms with van der Waals surface area (Å²) in [4.78, 5) is 4.72. The van der Waals surface area contributed by atoms with E-state index in [9.17, 15) is 0 Å². The SMILES string of the molecule is c1cc2nc(C3CCCN3)cn2cc1C1CC1. The number of hydrogen-bond acceptors (Lipinski definition) is 2. The molecule has 2 aromatic rings. The molecule has 2 fully saturated rings. The fourth-order valence-corrected chi connectivity index (χ4v) is 2.79. The highest BCUT2D eigenvalue weighted by molar-refractivity contribution is 5.43. The Morgan fingerprint density at radius 3 is 2.88 bits per heavy atom. The second-order valence-electron chi connectivity index (χ2n) is 5.32. The normalized spacial score (nSPS) is 24.6. The van der Waals surface area contributed by atoms with Gasteiger partial charge in [0.05, 0.1) is 11.7 Å². The van der Waals surface area contributed by atoms with Crippen molar-refractivity contribution in [3.8, 4) is 0 Å². The van der Waals surface area contributed by atoms with Crippen LogP contribution in [0.1, 0.15) is 48.9 Å². The Bertz CT molecular complexity index is 548. The number of nitrogens with zero attached hydrogens (tertiary/aromatic N) is 2. The van der Waals surface area contributed by atoms with Crippen LogP contribution in [0.15, 0.2) is 24.5 Å². The van der Waals surface area contributed by atoms with Gasteiger partial charge in [-0.25, -0.2) is 4.98 Å². The molecule has 2 aromatic heterocycles. The van der Waals surface area contributed by atoms with Crippen LogP contribution in [0.5, 0.6) is 0 Å². The molecule has 0 radical (unpaired) electrons. The van der Waals surface area contributed by atoms with E-state index in [4.69, 9.17) is 4.98 Å². The van der Waals surface area contributed by atoms with Crippen molar-refractivity contribution < 1.29 is 0 Å². The molecule has 3 heterocycles. The van der Waals surface area contributed by atoms with Gasteiger partial charge in [-0.3, -0.25) is 0 Å². The van der Waals surface area contributed by atoms with Gasteiger partial charge in [-0.1, -0.05) is 6.07 Å². The summed E-state index contributed by atoms with van der Waals surface area (Å²) in [7, 11) is 0. The lowest BCUT2D eigenvalue weighted by molar-refractivity contribution is 0.632. The summed E-state index contributed by atoms with van der Waals surface area (Å²) in [5.41, 5.74) is 3.76. The number of hydrogen-bond donors (Lipinski definition) is 1. The molecule has 3 heteroatoms. The van der Waals surface area contributed by atoms with Gasteiger partial charge in [0.25, 0.3) is 0 Å². The fourth-order valence-electron chi connectivity index (χ4n) is 2.79. The van der Waals surface area contributed by atoms with Gasteiger partial charge in [-0.2, -0.15) is 0 Å². The summed E-state index contributed by atoms with van der Waals surface area (Å²) in [5, 5.41) is 3.51. The smallest absolute Gasteiger partial charge is 0.137 e. The van der Waals surface area contributed by atoms with E-state index in [1.807, 2.05) is 0 Å². The van der Waals surface area contributed by atoms with Gasteiger partial charge in [-0.15, -0.1) is 0 Å². The van der Waals surface area contributed by atoms with Gasteiger partial charge >= 0.3 is 0 Å². The highest BCUT2D eigenvalue weighted by atomic mass is 15.0. The first-order valence-corrected chi connectivity index (χ1v) is 6.62. The molecule has 1 unspecified atom stereocenters. The largest absolute Gasteiger partial charge is 0.309 e. The van der Waals surface area contributed by atoms with Crippen molar-refractivity contribution in [1.82, 2.24) is 14.7 Å². The van der Waals surface area contributed by atoms with E-state index in [1.54, 1.807) is 0 Å². The summed E-state index contributed by atoms with van der Waals surface area (Å²) >= 11 is 0. The highest BCUT2D eigenvalue weighted by Crippen LogP contribution is 2.40. The topological polar surface area (TPSA) is 29.3 Å². The second-order valence-corrected chi connectivity index (χ2v) is 5.32. The fraction of sp³-hybridized carbons (Fsp3) is 0.500. The molecule has 0 amide bonds. The number of fused-ring (bicyclic) bond motifs is 1. The Hall–Kier alpha value is -1.35. The average molecular weight is 227 g/mol. The van der Waals surface area contributed by atoms with Gasteiger partial charge in [0.15, 0.2) is 0 Å². The van der Waals surface area contributed by atoms with Crippen molar-refractivity contribution in [2.75, 3.05) is 6.54 Å². The molecule has 2 aliphatic rings. The first kappa shape index (κ1) is 9.66. The summed E-state index contributed by atoms with van der Waals surface area (Å²) in [6.07, 6.45) is 9.67. The highest BCUT2D eigenvalue weighted by Gasteiger charge is 2.24. The Kier molecular flexibility index (Phi) is 2.03. The maximum absolute atomic E-state index is 4.72. The third-order valence-electron chi connectivity index (χ3n) is 3.96. The van der Waals surface area contributed by atoms with E-state index in [-0.39, 0.29) is 0 Å². The molecule has 1 saturated carbocycles. The van der Waals surface area contributed by atoms with Crippen molar-refractivity contribution in [2.45, 2.75) is 37.6 Å². The van der Waals surface area contributed by atoms with Crippen LogP contribution < -0.4 is 5.32 Å². The molecular weight excluding hydrogens is 210 g/mol. The predicted molar refractivity (Wildman–Crippen MR) is 67.1 cm³/mol. The van der Waals surface area contributed by atoms with Crippen molar-refractivity contribution in [2.24, 2.45) is 0 Å². The molecule has 1 saturated heterocycles. The van der Waals surface area contributed by atoms with E-state index in [1.165, 1.54) is 36.9 Å². The summed E-state index contributed by atoms with van der Waals surface area (Å²) in [6, 6.07) is 4.87. The maximum atomic E-state index is 4.72. The molecule has 88 valence electrons. The third kappa shape index (κ3) is 1.65.